The fraction of sp³-hybridized carbons (Fsp3) is 0.682. The monoisotopic (exact) mass is 438 g/mol. The molecule has 7 heterocycles. The minimum absolute atomic E-state index is 0.389. The summed E-state index contributed by atoms with van der Waals surface area (Å²) in [5.41, 5.74) is 0. The van der Waals surface area contributed by atoms with Crippen LogP contribution in [0, 0.1) is 0 Å². The van der Waals surface area contributed by atoms with Gasteiger partial charge in [0.25, 0.3) is 5.91 Å². The Balaban J connectivity index is 1.48. The maximum absolute atomic E-state index is 4.40. The third-order valence-corrected chi connectivity index (χ3v) is 7.70. The quantitative estimate of drug-likeness (QED) is 0.614. The molecule has 7 rings (SSSR count). The molecule has 0 aliphatic carbocycles. The first-order valence-corrected chi connectivity index (χ1v) is 12.4. The molecule has 4 saturated heterocycles. The zero-order valence-electron chi connectivity index (χ0n) is 18.8. The van der Waals surface area contributed by atoms with E-state index >= 15 is 0 Å². The molecule has 10 nitrogen and oxygen atoms in total. The summed E-state index contributed by atoms with van der Waals surface area (Å²) in [6, 6.07) is 2.14. The molecule has 0 spiro atoms. The van der Waals surface area contributed by atoms with Gasteiger partial charge in [-0.1, -0.05) is 6.08 Å². The Morgan fingerprint density at radius 1 is 0.875 bits per heavy atom. The van der Waals surface area contributed by atoms with Crippen molar-refractivity contribution in [3.63, 3.8) is 0 Å². The van der Waals surface area contributed by atoms with E-state index < -0.39 is 0 Å². The van der Waals surface area contributed by atoms with Crippen LogP contribution < -0.4 is 10.2 Å². The molecule has 0 radical (unpaired) electrons. The van der Waals surface area contributed by atoms with Crippen LogP contribution in [0.4, 0.5) is 5.82 Å². The summed E-state index contributed by atoms with van der Waals surface area (Å²) < 4.78 is 0. The Labute approximate surface area is 189 Å². The largest absolute Gasteiger partial charge is 0.354 e. The molecule has 6 aliphatic rings. The van der Waals surface area contributed by atoms with Gasteiger partial charge < -0.3 is 15.1 Å². The topological polar surface area (TPSA) is 63.2 Å². The lowest BCUT2D eigenvalue weighted by molar-refractivity contribution is -0.213. The third-order valence-electron chi connectivity index (χ3n) is 7.70. The van der Waals surface area contributed by atoms with Crippen molar-refractivity contribution in [2.45, 2.75) is 31.6 Å². The van der Waals surface area contributed by atoms with Crippen molar-refractivity contribution in [3.05, 3.63) is 36.2 Å². The van der Waals surface area contributed by atoms with Gasteiger partial charge in [0.05, 0.1) is 12.9 Å². The number of aromatic nitrogens is 2. The van der Waals surface area contributed by atoms with E-state index in [1.165, 1.54) is 30.9 Å². The summed E-state index contributed by atoms with van der Waals surface area (Å²) in [4.78, 5) is 13.0. The Morgan fingerprint density at radius 2 is 1.75 bits per heavy atom. The molecule has 1 aromatic rings. The van der Waals surface area contributed by atoms with Crippen molar-refractivity contribution in [2.24, 2.45) is 0 Å². The van der Waals surface area contributed by atoms with E-state index in [-0.39, 0.29) is 5.91 Å². The van der Waals surface area contributed by atoms with E-state index in [1.54, 1.807) is 0 Å². The molecule has 1 aromatic heterocycles. The van der Waals surface area contributed by atoms with Gasteiger partial charge in [0, 0.05) is 71.2 Å². The van der Waals surface area contributed by atoms with Gasteiger partial charge in [-0.05, 0) is 25.7 Å². The third kappa shape index (κ3) is 2.63. The van der Waals surface area contributed by atoms with Crippen molar-refractivity contribution >= 4 is 5.82 Å². The summed E-state index contributed by atoms with van der Waals surface area (Å²) in [6.07, 6.45) is 11.4. The van der Waals surface area contributed by atoms with Gasteiger partial charge in [0.1, 0.15) is 5.82 Å². The molecule has 0 bridgehead atoms. The standard InChI is InChI=1S/C22H34N10/c1-2-10-26(9-1)20-21(27-11-3-4-12-27)32(30-13-5-14-30)22(28-16-17-28,29-15-8-23-18-29)31(20)19-6-7-24-25-19/h1,6-7,9,23H,2-5,8,10-18H2,(H,24,25). The molecule has 10 heteroatoms. The van der Waals surface area contributed by atoms with E-state index in [0.717, 1.165) is 77.8 Å². The van der Waals surface area contributed by atoms with Gasteiger partial charge in [-0.15, -0.1) is 0 Å². The SMILES string of the molecule is C1=CN(C2=C(N3CCCC3)N(N3CCC3)C(N3CC3)(N3CCNC3)N2c2ccn[nH]2)CC1. The van der Waals surface area contributed by atoms with E-state index in [9.17, 15) is 0 Å². The number of aromatic amines is 1. The van der Waals surface area contributed by atoms with Crippen LogP contribution in [0.5, 0.6) is 0 Å². The number of H-pyrrole nitrogens is 1. The molecule has 4 fully saturated rings. The number of hydrogen-bond acceptors (Lipinski definition) is 9. The van der Waals surface area contributed by atoms with Crippen LogP contribution in [0.3, 0.4) is 0 Å². The van der Waals surface area contributed by atoms with Crippen LogP contribution in [0.25, 0.3) is 0 Å². The smallest absolute Gasteiger partial charge is 0.257 e. The zero-order chi connectivity index (χ0) is 21.1. The van der Waals surface area contributed by atoms with Crippen molar-refractivity contribution in [3.8, 4) is 0 Å². The van der Waals surface area contributed by atoms with Crippen LogP contribution in [0.2, 0.25) is 0 Å². The van der Waals surface area contributed by atoms with Gasteiger partial charge in [-0.2, -0.15) is 5.10 Å². The summed E-state index contributed by atoms with van der Waals surface area (Å²) in [5.74, 6) is 3.36. The summed E-state index contributed by atoms with van der Waals surface area (Å²) in [6.45, 7) is 10.7. The highest BCUT2D eigenvalue weighted by Crippen LogP contribution is 2.51. The normalized spacial score (nSPS) is 31.6. The van der Waals surface area contributed by atoms with Crippen LogP contribution >= 0.6 is 0 Å². The van der Waals surface area contributed by atoms with Crippen molar-refractivity contribution in [1.82, 2.24) is 45.1 Å². The van der Waals surface area contributed by atoms with Crippen molar-refractivity contribution in [1.29, 1.82) is 0 Å². The molecule has 32 heavy (non-hydrogen) atoms. The average molecular weight is 439 g/mol. The van der Waals surface area contributed by atoms with E-state index in [0.29, 0.717) is 0 Å². The minimum Gasteiger partial charge on any atom is -0.354 e. The van der Waals surface area contributed by atoms with Gasteiger partial charge in [0.15, 0.2) is 11.6 Å². The van der Waals surface area contributed by atoms with Gasteiger partial charge in [-0.3, -0.25) is 10.00 Å². The second kappa shape index (κ2) is 7.38. The second-order valence-corrected chi connectivity index (χ2v) is 9.61. The van der Waals surface area contributed by atoms with E-state index in [4.69, 9.17) is 0 Å². The number of likely N-dealkylation sites (tertiary alicyclic amines) is 1. The number of rotatable bonds is 6. The maximum Gasteiger partial charge on any atom is 0.257 e. The fourth-order valence-electron chi connectivity index (χ4n) is 6.04. The van der Waals surface area contributed by atoms with Crippen LogP contribution in [-0.4, -0.2) is 111 Å². The first-order chi connectivity index (χ1) is 15.9. The van der Waals surface area contributed by atoms with E-state index in [1.807, 2.05) is 6.20 Å². The predicted molar refractivity (Wildman–Crippen MR) is 121 cm³/mol. The lowest BCUT2D eigenvalue weighted by atomic mass is 10.2. The predicted octanol–water partition coefficient (Wildman–Crippen LogP) is 0.384. The number of anilines is 1. The minimum atomic E-state index is -0.389. The van der Waals surface area contributed by atoms with Crippen LogP contribution in [0.15, 0.2) is 36.2 Å². The Morgan fingerprint density at radius 3 is 2.34 bits per heavy atom. The van der Waals surface area contributed by atoms with Gasteiger partial charge >= 0.3 is 0 Å². The lowest BCUT2D eigenvalue weighted by Crippen LogP contribution is -2.75. The molecule has 1 atom stereocenters. The Bertz CT molecular complexity index is 892. The molecule has 172 valence electrons. The zero-order valence-corrected chi connectivity index (χ0v) is 18.8. The molecular formula is C22H34N10. The highest BCUT2D eigenvalue weighted by molar-refractivity contribution is 5.54. The first kappa shape index (κ1) is 19.2. The molecule has 1 unspecified atom stereocenters. The fourth-order valence-corrected chi connectivity index (χ4v) is 6.04. The summed E-state index contributed by atoms with van der Waals surface area (Å²) >= 11 is 0. The maximum atomic E-state index is 4.40. The molecule has 2 N–H and O–H groups in total. The van der Waals surface area contributed by atoms with Crippen molar-refractivity contribution in [2.75, 3.05) is 70.5 Å². The molecule has 6 aliphatic heterocycles. The van der Waals surface area contributed by atoms with Gasteiger partial charge in [0.2, 0.25) is 0 Å². The molecule has 0 aromatic carbocycles. The highest BCUT2D eigenvalue weighted by Gasteiger charge is 2.66. The second-order valence-electron chi connectivity index (χ2n) is 9.61. The summed E-state index contributed by atoms with van der Waals surface area (Å²) in [5, 5.41) is 16.7. The van der Waals surface area contributed by atoms with E-state index in [2.05, 4.69) is 68.4 Å². The number of nitrogens with zero attached hydrogens (tertiary/aromatic N) is 8. The van der Waals surface area contributed by atoms with Gasteiger partial charge in [-0.25, -0.2) is 19.8 Å². The summed E-state index contributed by atoms with van der Waals surface area (Å²) in [7, 11) is 0. The Hall–Kier alpha value is -2.27. The Kier molecular flexibility index (Phi) is 4.43. The molecule has 0 amide bonds. The number of hydrazine groups is 1. The van der Waals surface area contributed by atoms with Crippen molar-refractivity contribution < 1.29 is 0 Å². The molecule has 0 saturated carbocycles. The lowest BCUT2D eigenvalue weighted by Gasteiger charge is -2.56. The first-order valence-electron chi connectivity index (χ1n) is 12.4. The number of hydrogen-bond donors (Lipinski definition) is 2. The molecular weight excluding hydrogens is 404 g/mol. The highest BCUT2D eigenvalue weighted by atomic mass is 15.9. The number of nitrogens with one attached hydrogen (secondary N) is 2. The van der Waals surface area contributed by atoms with Crippen LogP contribution in [-0.2, 0) is 0 Å². The average Bonchev–Trinajstić information content (AvgIpc) is 3.38. The van der Waals surface area contributed by atoms with Crippen LogP contribution in [0.1, 0.15) is 25.7 Å².